The molecule has 0 fully saturated rings. The number of carbonyl (C=O) groups is 2. The lowest BCUT2D eigenvalue weighted by Gasteiger charge is -2.12. The van der Waals surface area contributed by atoms with Gasteiger partial charge in [0.25, 0.3) is 5.91 Å². The molecule has 2 aromatic rings. The summed E-state index contributed by atoms with van der Waals surface area (Å²) >= 11 is 0. The normalized spacial score (nSPS) is 10.4. The quantitative estimate of drug-likeness (QED) is 0.750. The van der Waals surface area contributed by atoms with Gasteiger partial charge >= 0.3 is 5.97 Å². The van der Waals surface area contributed by atoms with Gasteiger partial charge in [-0.1, -0.05) is 6.07 Å². The zero-order valence-electron chi connectivity index (χ0n) is 14.6. The summed E-state index contributed by atoms with van der Waals surface area (Å²) in [7, 11) is 5.30. The maximum atomic E-state index is 12.4. The van der Waals surface area contributed by atoms with Gasteiger partial charge in [0.2, 0.25) is 0 Å². The van der Waals surface area contributed by atoms with Crippen LogP contribution in [-0.4, -0.2) is 56.1 Å². The van der Waals surface area contributed by atoms with E-state index in [0.717, 1.165) is 18.8 Å². The highest BCUT2D eigenvalue weighted by Crippen LogP contribution is 2.14. The van der Waals surface area contributed by atoms with Crippen LogP contribution in [0.5, 0.6) is 0 Å². The van der Waals surface area contributed by atoms with Crippen LogP contribution in [0, 0.1) is 0 Å². The number of nitrogens with zero attached hydrogens (tertiary/aromatic N) is 2. The van der Waals surface area contributed by atoms with E-state index in [1.165, 1.54) is 13.3 Å². The Morgan fingerprint density at radius 2 is 1.88 bits per heavy atom. The van der Waals surface area contributed by atoms with Crippen molar-refractivity contribution in [2.75, 3.05) is 44.9 Å². The first-order chi connectivity index (χ1) is 12.0. The van der Waals surface area contributed by atoms with Crippen LogP contribution in [0.25, 0.3) is 0 Å². The number of ether oxygens (including phenoxy) is 1. The second-order valence-electron chi connectivity index (χ2n) is 5.72. The number of hydrogen-bond acceptors (Lipinski definition) is 6. The maximum absolute atomic E-state index is 12.4. The highest BCUT2D eigenvalue weighted by atomic mass is 16.5. The predicted octanol–water partition coefficient (Wildman–Crippen LogP) is 2.09. The molecule has 7 nitrogen and oxygen atoms in total. The zero-order chi connectivity index (χ0) is 18.2. The van der Waals surface area contributed by atoms with E-state index in [1.54, 1.807) is 36.5 Å². The van der Waals surface area contributed by atoms with Gasteiger partial charge < -0.3 is 20.3 Å². The summed E-state index contributed by atoms with van der Waals surface area (Å²) in [6.07, 6.45) is 3.17. The molecule has 1 amide bonds. The van der Waals surface area contributed by atoms with Crippen LogP contribution in [-0.2, 0) is 4.74 Å². The van der Waals surface area contributed by atoms with E-state index in [9.17, 15) is 9.59 Å². The third-order valence-electron chi connectivity index (χ3n) is 3.43. The number of carbonyl (C=O) groups excluding carboxylic acids is 2. The fourth-order valence-corrected chi connectivity index (χ4v) is 2.13. The van der Waals surface area contributed by atoms with Gasteiger partial charge in [-0.2, -0.15) is 0 Å². The lowest BCUT2D eigenvalue weighted by atomic mass is 10.2. The first kappa shape index (κ1) is 18.4. The van der Waals surface area contributed by atoms with Gasteiger partial charge in [0.1, 0.15) is 0 Å². The molecule has 0 aliphatic rings. The second kappa shape index (κ2) is 8.79. The summed E-state index contributed by atoms with van der Waals surface area (Å²) in [6, 6.07) is 8.31. The van der Waals surface area contributed by atoms with Crippen molar-refractivity contribution >= 4 is 23.3 Å². The average Bonchev–Trinajstić information content (AvgIpc) is 2.61. The SMILES string of the molecule is COC(=O)c1cccc(NC(=O)c2cncc(NCCN(C)C)c2)c1. The number of likely N-dealkylation sites (N-methyl/N-ethyl adjacent to an activating group) is 1. The summed E-state index contributed by atoms with van der Waals surface area (Å²) in [6.45, 7) is 1.62. The van der Waals surface area contributed by atoms with Crippen molar-refractivity contribution in [3.63, 3.8) is 0 Å². The Labute approximate surface area is 147 Å². The van der Waals surface area contributed by atoms with Crippen LogP contribution in [0.2, 0.25) is 0 Å². The van der Waals surface area contributed by atoms with Crippen LogP contribution in [0.4, 0.5) is 11.4 Å². The number of rotatable bonds is 7. The van der Waals surface area contributed by atoms with E-state index in [4.69, 9.17) is 0 Å². The molecular weight excluding hydrogens is 320 g/mol. The molecule has 0 atom stereocenters. The summed E-state index contributed by atoms with van der Waals surface area (Å²) in [4.78, 5) is 30.1. The number of pyridine rings is 1. The number of methoxy groups -OCH3 is 1. The third kappa shape index (κ3) is 5.58. The first-order valence-corrected chi connectivity index (χ1v) is 7.83. The van der Waals surface area contributed by atoms with Crippen molar-refractivity contribution in [2.45, 2.75) is 0 Å². The molecule has 0 radical (unpaired) electrons. The number of nitrogens with one attached hydrogen (secondary N) is 2. The van der Waals surface area contributed by atoms with E-state index in [0.29, 0.717) is 16.8 Å². The van der Waals surface area contributed by atoms with Gasteiger partial charge in [0.05, 0.1) is 23.9 Å². The largest absolute Gasteiger partial charge is 0.465 e. The van der Waals surface area contributed by atoms with Crippen molar-refractivity contribution in [2.24, 2.45) is 0 Å². The Balaban J connectivity index is 2.04. The molecule has 1 aromatic heterocycles. The van der Waals surface area contributed by atoms with Crippen molar-refractivity contribution in [1.29, 1.82) is 0 Å². The standard InChI is InChI=1S/C18H22N4O3/c1-22(2)8-7-20-16-10-14(11-19-12-16)17(23)21-15-6-4-5-13(9-15)18(24)25-3/h4-6,9-12,20H,7-8H2,1-3H3,(H,21,23). The predicted molar refractivity (Wildman–Crippen MR) is 97.0 cm³/mol. The minimum atomic E-state index is -0.454. The molecule has 2 rings (SSSR count). The zero-order valence-corrected chi connectivity index (χ0v) is 14.6. The molecule has 0 saturated heterocycles. The van der Waals surface area contributed by atoms with Crippen LogP contribution >= 0.6 is 0 Å². The lowest BCUT2D eigenvalue weighted by molar-refractivity contribution is 0.0600. The molecule has 2 N–H and O–H groups in total. The first-order valence-electron chi connectivity index (χ1n) is 7.83. The van der Waals surface area contributed by atoms with E-state index in [1.807, 2.05) is 14.1 Å². The Kier molecular flexibility index (Phi) is 6.47. The average molecular weight is 342 g/mol. The smallest absolute Gasteiger partial charge is 0.337 e. The number of amides is 1. The van der Waals surface area contributed by atoms with E-state index in [2.05, 4.69) is 25.3 Å². The summed E-state index contributed by atoms with van der Waals surface area (Å²) in [5, 5.41) is 5.98. The molecule has 1 aromatic carbocycles. The number of benzene rings is 1. The minimum absolute atomic E-state index is 0.300. The fraction of sp³-hybridized carbons (Fsp3) is 0.278. The van der Waals surface area contributed by atoms with Crippen LogP contribution in [0.1, 0.15) is 20.7 Å². The molecule has 132 valence electrons. The van der Waals surface area contributed by atoms with Gasteiger partial charge in [-0.25, -0.2) is 4.79 Å². The number of esters is 1. The highest BCUT2D eigenvalue weighted by Gasteiger charge is 2.10. The lowest BCUT2D eigenvalue weighted by Crippen LogP contribution is -2.21. The maximum Gasteiger partial charge on any atom is 0.337 e. The van der Waals surface area contributed by atoms with Gasteiger partial charge in [-0.05, 0) is 38.4 Å². The van der Waals surface area contributed by atoms with E-state index >= 15 is 0 Å². The monoisotopic (exact) mass is 342 g/mol. The number of anilines is 2. The third-order valence-corrected chi connectivity index (χ3v) is 3.43. The molecule has 25 heavy (non-hydrogen) atoms. The summed E-state index contributed by atoms with van der Waals surface area (Å²) < 4.78 is 4.68. The molecular formula is C18H22N4O3. The second-order valence-corrected chi connectivity index (χ2v) is 5.72. The Morgan fingerprint density at radius 1 is 1.12 bits per heavy atom. The molecule has 0 aliphatic carbocycles. The van der Waals surface area contributed by atoms with Crippen molar-refractivity contribution in [3.8, 4) is 0 Å². The fourth-order valence-electron chi connectivity index (χ4n) is 2.13. The number of hydrogen-bond donors (Lipinski definition) is 2. The molecule has 7 heteroatoms. The Hall–Kier alpha value is -2.93. The van der Waals surface area contributed by atoms with E-state index in [-0.39, 0.29) is 5.91 Å². The molecule has 0 spiro atoms. The number of aromatic nitrogens is 1. The molecule has 0 saturated carbocycles. The molecule has 0 aliphatic heterocycles. The van der Waals surface area contributed by atoms with Crippen molar-refractivity contribution in [1.82, 2.24) is 9.88 Å². The Bertz CT molecular complexity index is 747. The molecule has 0 unspecified atom stereocenters. The summed E-state index contributed by atoms with van der Waals surface area (Å²) in [5.74, 6) is -0.754. The minimum Gasteiger partial charge on any atom is -0.465 e. The van der Waals surface area contributed by atoms with Crippen molar-refractivity contribution < 1.29 is 14.3 Å². The van der Waals surface area contributed by atoms with Crippen LogP contribution < -0.4 is 10.6 Å². The Morgan fingerprint density at radius 3 is 2.60 bits per heavy atom. The van der Waals surface area contributed by atoms with Gasteiger partial charge in [-0.15, -0.1) is 0 Å². The topological polar surface area (TPSA) is 83.6 Å². The van der Waals surface area contributed by atoms with Crippen LogP contribution in [0.15, 0.2) is 42.7 Å². The van der Waals surface area contributed by atoms with Gasteiger partial charge in [-0.3, -0.25) is 9.78 Å². The molecule has 0 bridgehead atoms. The van der Waals surface area contributed by atoms with E-state index < -0.39 is 5.97 Å². The highest BCUT2D eigenvalue weighted by molar-refractivity contribution is 6.05. The van der Waals surface area contributed by atoms with Crippen molar-refractivity contribution in [3.05, 3.63) is 53.9 Å². The summed E-state index contributed by atoms with van der Waals surface area (Å²) in [5.41, 5.74) is 2.09. The van der Waals surface area contributed by atoms with Gasteiger partial charge in [0, 0.05) is 31.2 Å². The molecule has 1 heterocycles. The van der Waals surface area contributed by atoms with Gasteiger partial charge in [0.15, 0.2) is 0 Å². The van der Waals surface area contributed by atoms with Crippen LogP contribution in [0.3, 0.4) is 0 Å².